The third-order valence-electron chi connectivity index (χ3n) is 2.21. The Bertz CT molecular complexity index is 413. The number of rotatable bonds is 7. The fourth-order valence-electron chi connectivity index (χ4n) is 1.50. The number of carboxylic acid groups (broad SMARTS) is 1. The van der Waals surface area contributed by atoms with Crippen LogP contribution in [0.1, 0.15) is 5.56 Å². The van der Waals surface area contributed by atoms with Gasteiger partial charge in [-0.2, -0.15) is 0 Å². The van der Waals surface area contributed by atoms with E-state index in [9.17, 15) is 9.59 Å². The van der Waals surface area contributed by atoms with E-state index in [4.69, 9.17) is 10.8 Å². The summed E-state index contributed by atoms with van der Waals surface area (Å²) in [6.45, 7) is 0.0949. The molecule has 18 heavy (non-hydrogen) atoms. The van der Waals surface area contributed by atoms with Crippen LogP contribution >= 0.6 is 0 Å². The number of nitrogens with zero attached hydrogens (tertiary/aromatic N) is 1. The van der Waals surface area contributed by atoms with Crippen LogP contribution in [-0.2, 0) is 9.59 Å². The van der Waals surface area contributed by atoms with Gasteiger partial charge < -0.3 is 10.8 Å². The van der Waals surface area contributed by atoms with Crippen LogP contribution in [-0.4, -0.2) is 41.5 Å². The van der Waals surface area contributed by atoms with Crippen LogP contribution in [0.3, 0.4) is 0 Å². The van der Waals surface area contributed by atoms with E-state index < -0.39 is 11.9 Å². The molecule has 5 nitrogen and oxygen atoms in total. The van der Waals surface area contributed by atoms with Gasteiger partial charge in [-0.15, -0.1) is 0 Å². The van der Waals surface area contributed by atoms with Gasteiger partial charge in [0.25, 0.3) is 0 Å². The van der Waals surface area contributed by atoms with E-state index in [1.807, 2.05) is 36.4 Å². The van der Waals surface area contributed by atoms with Gasteiger partial charge in [0.1, 0.15) is 0 Å². The molecule has 0 bridgehead atoms. The van der Waals surface area contributed by atoms with E-state index in [1.165, 1.54) is 4.90 Å². The van der Waals surface area contributed by atoms with Crippen molar-refractivity contribution >= 4 is 18.0 Å². The second-order valence-corrected chi connectivity index (χ2v) is 3.84. The molecule has 0 spiro atoms. The number of hydrogen-bond donors (Lipinski definition) is 2. The summed E-state index contributed by atoms with van der Waals surface area (Å²) in [4.78, 5) is 22.9. The standard InChI is InChI=1S/C13H16N2O3/c14-12(16)9-15(10-13(17)18)8-4-7-11-5-2-1-3-6-11/h1-7H,8-10H2,(H2,14,16)(H,17,18)/b7-4+. The zero-order valence-electron chi connectivity index (χ0n) is 9.95. The van der Waals surface area contributed by atoms with Crippen LogP contribution in [0, 0.1) is 0 Å². The molecule has 1 aromatic carbocycles. The number of nitrogens with two attached hydrogens (primary N) is 1. The van der Waals surface area contributed by atoms with E-state index in [0.29, 0.717) is 6.54 Å². The largest absolute Gasteiger partial charge is 0.480 e. The molecule has 3 N–H and O–H groups in total. The molecule has 5 heteroatoms. The van der Waals surface area contributed by atoms with Crippen LogP contribution in [0.15, 0.2) is 36.4 Å². The predicted molar refractivity (Wildman–Crippen MR) is 68.7 cm³/mol. The first-order valence-electron chi connectivity index (χ1n) is 5.52. The molecule has 0 unspecified atom stereocenters. The Hall–Kier alpha value is -2.14. The summed E-state index contributed by atoms with van der Waals surface area (Å²) in [5.41, 5.74) is 6.07. The summed E-state index contributed by atoms with van der Waals surface area (Å²) >= 11 is 0. The zero-order chi connectivity index (χ0) is 13.4. The van der Waals surface area contributed by atoms with Crippen LogP contribution in [0.2, 0.25) is 0 Å². The minimum absolute atomic E-state index is 0.0641. The average Bonchev–Trinajstić information content (AvgIpc) is 2.28. The third kappa shape index (κ3) is 5.81. The van der Waals surface area contributed by atoms with Gasteiger partial charge in [0, 0.05) is 6.54 Å². The Morgan fingerprint density at radius 1 is 1.22 bits per heavy atom. The molecule has 1 rings (SSSR count). The molecular weight excluding hydrogens is 232 g/mol. The highest BCUT2D eigenvalue weighted by Gasteiger charge is 2.10. The first-order valence-corrected chi connectivity index (χ1v) is 5.52. The van der Waals surface area contributed by atoms with Crippen molar-refractivity contribution in [1.82, 2.24) is 4.90 Å². The number of hydrogen-bond acceptors (Lipinski definition) is 3. The first kappa shape index (κ1) is 13.9. The highest BCUT2D eigenvalue weighted by Crippen LogP contribution is 2.01. The van der Waals surface area contributed by atoms with Crippen molar-refractivity contribution in [3.8, 4) is 0 Å². The first-order chi connectivity index (χ1) is 8.58. The molecule has 0 saturated heterocycles. The molecule has 0 saturated carbocycles. The highest BCUT2D eigenvalue weighted by atomic mass is 16.4. The summed E-state index contributed by atoms with van der Waals surface area (Å²) < 4.78 is 0. The molecule has 96 valence electrons. The van der Waals surface area contributed by atoms with Gasteiger partial charge >= 0.3 is 5.97 Å². The number of aliphatic carboxylic acids is 1. The second-order valence-electron chi connectivity index (χ2n) is 3.84. The van der Waals surface area contributed by atoms with Gasteiger partial charge in [0.2, 0.25) is 5.91 Å². The quantitative estimate of drug-likeness (QED) is 0.739. The third-order valence-corrected chi connectivity index (χ3v) is 2.21. The minimum atomic E-state index is -0.982. The predicted octanol–water partition coefficient (Wildman–Crippen LogP) is 0.572. The van der Waals surface area contributed by atoms with Crippen LogP contribution in [0.5, 0.6) is 0 Å². The Morgan fingerprint density at radius 2 is 1.89 bits per heavy atom. The molecule has 0 fully saturated rings. The molecule has 0 heterocycles. The van der Waals surface area contributed by atoms with Gasteiger partial charge in [-0.25, -0.2) is 0 Å². The Morgan fingerprint density at radius 3 is 2.44 bits per heavy atom. The van der Waals surface area contributed by atoms with Crippen LogP contribution in [0.4, 0.5) is 0 Å². The van der Waals surface area contributed by atoms with Crippen molar-refractivity contribution in [2.24, 2.45) is 5.73 Å². The lowest BCUT2D eigenvalue weighted by Crippen LogP contribution is -2.37. The zero-order valence-corrected chi connectivity index (χ0v) is 9.95. The van der Waals surface area contributed by atoms with Crippen molar-refractivity contribution in [2.75, 3.05) is 19.6 Å². The van der Waals surface area contributed by atoms with E-state index >= 15 is 0 Å². The van der Waals surface area contributed by atoms with Gasteiger partial charge in [0.05, 0.1) is 13.1 Å². The summed E-state index contributed by atoms with van der Waals surface area (Å²) in [5, 5.41) is 8.70. The highest BCUT2D eigenvalue weighted by molar-refractivity contribution is 5.77. The number of carbonyl (C=O) groups excluding carboxylic acids is 1. The normalized spacial score (nSPS) is 10.9. The van der Waals surface area contributed by atoms with Gasteiger partial charge in [-0.05, 0) is 5.56 Å². The van der Waals surface area contributed by atoms with E-state index in [-0.39, 0.29) is 13.1 Å². The van der Waals surface area contributed by atoms with Gasteiger partial charge in [-0.1, -0.05) is 42.5 Å². The van der Waals surface area contributed by atoms with Gasteiger partial charge in [-0.3, -0.25) is 14.5 Å². The monoisotopic (exact) mass is 248 g/mol. The lowest BCUT2D eigenvalue weighted by molar-refractivity contribution is -0.138. The van der Waals surface area contributed by atoms with Crippen molar-refractivity contribution in [2.45, 2.75) is 0 Å². The molecule has 0 radical (unpaired) electrons. The minimum Gasteiger partial charge on any atom is -0.480 e. The Balaban J connectivity index is 2.53. The van der Waals surface area contributed by atoms with Crippen molar-refractivity contribution in [1.29, 1.82) is 0 Å². The fourth-order valence-corrected chi connectivity index (χ4v) is 1.50. The van der Waals surface area contributed by atoms with Crippen molar-refractivity contribution in [3.63, 3.8) is 0 Å². The molecular formula is C13H16N2O3. The number of amides is 1. The Labute approximate surface area is 106 Å². The maximum Gasteiger partial charge on any atom is 0.317 e. The van der Waals surface area contributed by atoms with Crippen molar-refractivity contribution in [3.05, 3.63) is 42.0 Å². The van der Waals surface area contributed by atoms with Gasteiger partial charge in [0.15, 0.2) is 0 Å². The lowest BCUT2D eigenvalue weighted by atomic mass is 10.2. The molecule has 0 aliphatic rings. The Kier molecular flexibility index (Phi) is 5.60. The maximum absolute atomic E-state index is 10.8. The van der Waals surface area contributed by atoms with Crippen LogP contribution in [0.25, 0.3) is 6.08 Å². The summed E-state index contributed by atoms with van der Waals surface area (Å²) in [6, 6.07) is 9.62. The van der Waals surface area contributed by atoms with E-state index in [0.717, 1.165) is 5.56 Å². The SMILES string of the molecule is NC(=O)CN(C/C=C/c1ccccc1)CC(=O)O. The number of primary amides is 1. The topological polar surface area (TPSA) is 83.6 Å². The average molecular weight is 248 g/mol. The van der Waals surface area contributed by atoms with Crippen molar-refractivity contribution < 1.29 is 14.7 Å². The summed E-state index contributed by atoms with van der Waals surface area (Å²) in [5.74, 6) is -1.52. The molecule has 1 aromatic rings. The smallest absolute Gasteiger partial charge is 0.317 e. The fraction of sp³-hybridized carbons (Fsp3) is 0.231. The van der Waals surface area contributed by atoms with Crippen LogP contribution < -0.4 is 5.73 Å². The number of carboxylic acids is 1. The second kappa shape index (κ2) is 7.24. The number of carbonyl (C=O) groups is 2. The summed E-state index contributed by atoms with van der Waals surface area (Å²) in [6.07, 6.45) is 3.68. The molecule has 0 aliphatic heterocycles. The molecule has 0 aromatic heterocycles. The summed E-state index contributed by atoms with van der Waals surface area (Å²) in [7, 11) is 0. The van der Waals surface area contributed by atoms with E-state index in [1.54, 1.807) is 6.08 Å². The molecule has 0 aliphatic carbocycles. The maximum atomic E-state index is 10.8. The van der Waals surface area contributed by atoms with E-state index in [2.05, 4.69) is 0 Å². The molecule has 1 amide bonds. The molecule has 0 atom stereocenters. The number of benzene rings is 1. The lowest BCUT2D eigenvalue weighted by Gasteiger charge is -2.15.